The van der Waals surface area contributed by atoms with Crippen LogP contribution in [0.5, 0.6) is 0 Å². The summed E-state index contributed by atoms with van der Waals surface area (Å²) >= 11 is 0. The summed E-state index contributed by atoms with van der Waals surface area (Å²) in [6.45, 7) is 0. The Morgan fingerprint density at radius 1 is 1.14 bits per heavy atom. The summed E-state index contributed by atoms with van der Waals surface area (Å²) in [5.41, 5.74) is -0.809. The molecule has 0 aliphatic carbocycles. The van der Waals surface area contributed by atoms with Crippen LogP contribution in [-0.2, 0) is 5.54 Å². The van der Waals surface area contributed by atoms with Gasteiger partial charge in [-0.15, -0.1) is 0 Å². The summed E-state index contributed by atoms with van der Waals surface area (Å²) in [6.07, 6.45) is 2.48. The number of rotatable bonds is 2. The van der Waals surface area contributed by atoms with Gasteiger partial charge >= 0.3 is 5.54 Å². The maximum Gasteiger partial charge on any atom is 0.320 e. The van der Waals surface area contributed by atoms with Gasteiger partial charge in [0.05, 0.1) is 0 Å². The Bertz CT molecular complexity index is 399. The van der Waals surface area contributed by atoms with Crippen LogP contribution in [0.2, 0.25) is 0 Å². The number of benzene rings is 1. The minimum absolute atomic E-state index is 0.400. The second-order valence-corrected chi connectivity index (χ2v) is 2.94. The summed E-state index contributed by atoms with van der Waals surface area (Å²) in [6, 6.07) is 8.68. The fourth-order valence-electron chi connectivity index (χ4n) is 1.33. The molecule has 1 heterocycles. The lowest BCUT2D eigenvalue weighted by atomic mass is 9.94. The molecule has 0 spiro atoms. The average molecular weight is 189 g/mol. The second-order valence-electron chi connectivity index (χ2n) is 2.94. The average Bonchev–Trinajstić information content (AvgIpc) is 2.69. The molecule has 0 fully saturated rings. The van der Waals surface area contributed by atoms with Gasteiger partial charge in [-0.05, 0) is 0 Å². The molecule has 0 saturated heterocycles. The summed E-state index contributed by atoms with van der Waals surface area (Å²) in [5.74, 6) is 0. The molecule has 14 heavy (non-hydrogen) atoms. The SMILES string of the molecule is O=[N+]([O-])C1(c2ccccc2)C=NN=C1. The van der Waals surface area contributed by atoms with E-state index in [1.165, 1.54) is 12.4 Å². The molecular weight excluding hydrogens is 182 g/mol. The standard InChI is InChI=1S/C9H7N3O2/c13-12(14)9(6-10-11-7-9)8-4-2-1-3-5-8/h1-7H. The van der Waals surface area contributed by atoms with E-state index >= 15 is 0 Å². The first-order valence-electron chi connectivity index (χ1n) is 4.04. The minimum Gasteiger partial charge on any atom is -0.263 e. The molecule has 0 radical (unpaired) electrons. The Morgan fingerprint density at radius 2 is 1.71 bits per heavy atom. The normalized spacial score (nSPS) is 17.1. The van der Waals surface area contributed by atoms with Crippen molar-refractivity contribution in [2.75, 3.05) is 0 Å². The molecule has 1 aromatic rings. The quantitative estimate of drug-likeness (QED) is 0.518. The van der Waals surface area contributed by atoms with Crippen molar-refractivity contribution in [1.82, 2.24) is 0 Å². The van der Waals surface area contributed by atoms with Crippen molar-refractivity contribution in [2.45, 2.75) is 5.54 Å². The molecule has 0 saturated carbocycles. The predicted molar refractivity (Wildman–Crippen MR) is 52.1 cm³/mol. The van der Waals surface area contributed by atoms with E-state index in [9.17, 15) is 10.1 Å². The molecular formula is C9H7N3O2. The van der Waals surface area contributed by atoms with E-state index in [1.54, 1.807) is 30.3 Å². The van der Waals surface area contributed by atoms with Gasteiger partial charge in [-0.25, -0.2) is 0 Å². The molecule has 0 aromatic heterocycles. The smallest absolute Gasteiger partial charge is 0.263 e. The zero-order chi connectivity index (χ0) is 10.0. The Labute approximate surface area is 79.9 Å². The van der Waals surface area contributed by atoms with E-state index in [0.717, 1.165) is 0 Å². The van der Waals surface area contributed by atoms with Crippen LogP contribution in [0.25, 0.3) is 0 Å². The summed E-state index contributed by atoms with van der Waals surface area (Å²) in [5, 5.41) is 18.0. The van der Waals surface area contributed by atoms with Gasteiger partial charge in [0.2, 0.25) is 0 Å². The number of nitrogens with zero attached hydrogens (tertiary/aromatic N) is 3. The summed E-state index contributed by atoms with van der Waals surface area (Å²) in [4.78, 5) is 10.5. The summed E-state index contributed by atoms with van der Waals surface area (Å²) < 4.78 is 0. The van der Waals surface area contributed by atoms with Gasteiger partial charge in [-0.3, -0.25) is 10.1 Å². The molecule has 1 aromatic carbocycles. The van der Waals surface area contributed by atoms with Gasteiger partial charge in [-0.1, -0.05) is 30.3 Å². The highest BCUT2D eigenvalue weighted by Crippen LogP contribution is 2.23. The molecule has 5 nitrogen and oxygen atoms in total. The summed E-state index contributed by atoms with van der Waals surface area (Å²) in [7, 11) is 0. The molecule has 1 aliphatic heterocycles. The van der Waals surface area contributed by atoms with Gasteiger partial charge in [0.1, 0.15) is 12.4 Å². The number of hydrogen-bond donors (Lipinski definition) is 0. The monoisotopic (exact) mass is 189 g/mol. The first-order chi connectivity index (χ1) is 6.76. The maximum absolute atomic E-state index is 10.9. The van der Waals surface area contributed by atoms with Gasteiger partial charge in [0.15, 0.2) is 0 Å². The molecule has 2 rings (SSSR count). The third-order valence-electron chi connectivity index (χ3n) is 2.11. The zero-order valence-electron chi connectivity index (χ0n) is 7.20. The van der Waals surface area contributed by atoms with Crippen LogP contribution >= 0.6 is 0 Å². The van der Waals surface area contributed by atoms with E-state index in [1.807, 2.05) is 0 Å². The highest BCUT2D eigenvalue weighted by Gasteiger charge is 2.44. The number of nitro groups is 1. The van der Waals surface area contributed by atoms with Crippen molar-refractivity contribution >= 4 is 12.4 Å². The number of hydrogen-bond acceptors (Lipinski definition) is 4. The lowest BCUT2D eigenvalue weighted by Gasteiger charge is -2.13. The Morgan fingerprint density at radius 3 is 2.21 bits per heavy atom. The fraction of sp³-hybridized carbons (Fsp3) is 0.111. The lowest BCUT2D eigenvalue weighted by Crippen LogP contribution is -2.36. The van der Waals surface area contributed by atoms with Crippen molar-refractivity contribution < 1.29 is 4.92 Å². The molecule has 0 bridgehead atoms. The van der Waals surface area contributed by atoms with Gasteiger partial charge < -0.3 is 0 Å². The third-order valence-corrected chi connectivity index (χ3v) is 2.11. The highest BCUT2D eigenvalue weighted by molar-refractivity contribution is 5.96. The molecule has 0 N–H and O–H groups in total. The Kier molecular flexibility index (Phi) is 1.85. The first-order valence-corrected chi connectivity index (χ1v) is 4.04. The fourth-order valence-corrected chi connectivity index (χ4v) is 1.33. The van der Waals surface area contributed by atoms with Crippen molar-refractivity contribution in [2.24, 2.45) is 10.2 Å². The van der Waals surface area contributed by atoms with Crippen molar-refractivity contribution in [3.8, 4) is 0 Å². The van der Waals surface area contributed by atoms with Crippen LogP contribution < -0.4 is 0 Å². The van der Waals surface area contributed by atoms with E-state index in [4.69, 9.17) is 0 Å². The first kappa shape index (κ1) is 8.55. The largest absolute Gasteiger partial charge is 0.320 e. The van der Waals surface area contributed by atoms with Crippen LogP contribution in [-0.4, -0.2) is 17.4 Å². The minimum atomic E-state index is -1.37. The molecule has 0 unspecified atom stereocenters. The Balaban J connectivity index is 2.54. The molecule has 70 valence electrons. The van der Waals surface area contributed by atoms with E-state index in [2.05, 4.69) is 10.2 Å². The topological polar surface area (TPSA) is 67.9 Å². The van der Waals surface area contributed by atoms with Crippen LogP contribution in [0, 0.1) is 10.1 Å². The van der Waals surface area contributed by atoms with Gasteiger partial charge in [0, 0.05) is 10.5 Å². The van der Waals surface area contributed by atoms with Gasteiger partial charge in [-0.2, -0.15) is 10.2 Å². The van der Waals surface area contributed by atoms with Gasteiger partial charge in [0.25, 0.3) is 0 Å². The highest BCUT2D eigenvalue weighted by atomic mass is 16.6. The van der Waals surface area contributed by atoms with Crippen molar-refractivity contribution in [3.05, 3.63) is 46.0 Å². The molecule has 0 atom stereocenters. The van der Waals surface area contributed by atoms with E-state index in [0.29, 0.717) is 5.56 Å². The zero-order valence-corrected chi connectivity index (χ0v) is 7.20. The van der Waals surface area contributed by atoms with E-state index < -0.39 is 10.5 Å². The third kappa shape index (κ3) is 1.10. The van der Waals surface area contributed by atoms with Crippen molar-refractivity contribution in [1.29, 1.82) is 0 Å². The Hall–Kier alpha value is -2.04. The van der Waals surface area contributed by atoms with Crippen LogP contribution in [0.4, 0.5) is 0 Å². The molecule has 0 amide bonds. The van der Waals surface area contributed by atoms with E-state index in [-0.39, 0.29) is 0 Å². The second kappa shape index (κ2) is 3.02. The van der Waals surface area contributed by atoms with Crippen LogP contribution in [0.3, 0.4) is 0 Å². The van der Waals surface area contributed by atoms with Crippen molar-refractivity contribution in [3.63, 3.8) is 0 Å². The molecule has 1 aliphatic rings. The lowest BCUT2D eigenvalue weighted by molar-refractivity contribution is -0.530. The van der Waals surface area contributed by atoms with Crippen LogP contribution in [0.15, 0.2) is 40.5 Å². The predicted octanol–water partition coefficient (Wildman–Crippen LogP) is 1.23. The van der Waals surface area contributed by atoms with Crippen LogP contribution in [0.1, 0.15) is 5.56 Å². The molecule has 5 heteroatoms. The maximum atomic E-state index is 10.9.